The average Bonchev–Trinajstić information content (AvgIpc) is 3.40. The number of hydrazone groups is 2. The van der Waals surface area contributed by atoms with Gasteiger partial charge in [0.15, 0.2) is 11.5 Å². The second kappa shape index (κ2) is 20.0. The van der Waals surface area contributed by atoms with Gasteiger partial charge in [-0.15, -0.1) is 11.3 Å². The van der Waals surface area contributed by atoms with Crippen molar-refractivity contribution in [3.63, 3.8) is 0 Å². The number of carbonyl (C=O) groups excluding carboxylic acids is 2. The van der Waals surface area contributed by atoms with E-state index >= 15 is 0 Å². The Morgan fingerprint density at radius 1 is 0.628 bits per heavy atom. The van der Waals surface area contributed by atoms with Crippen molar-refractivity contribution in [2.24, 2.45) is 10.2 Å². The summed E-state index contributed by atoms with van der Waals surface area (Å²) < 4.78 is 12.4. The number of unbranched alkanes of at least 4 members (excludes halogenated alkanes) is 8. The molecule has 9 heteroatoms. The zero-order valence-corrected chi connectivity index (χ0v) is 26.2. The fraction of sp³-hybridized carbons (Fsp3) is 0.412. The van der Waals surface area contributed by atoms with Gasteiger partial charge in [-0.3, -0.25) is 9.59 Å². The van der Waals surface area contributed by atoms with Gasteiger partial charge in [0.05, 0.1) is 25.6 Å². The minimum Gasteiger partial charge on any atom is -0.488 e. The van der Waals surface area contributed by atoms with Crippen LogP contribution in [0.4, 0.5) is 0 Å². The summed E-state index contributed by atoms with van der Waals surface area (Å²) in [5.41, 5.74) is 6.87. The first-order chi connectivity index (χ1) is 21.1. The van der Waals surface area contributed by atoms with Crippen LogP contribution in [-0.4, -0.2) is 37.5 Å². The Morgan fingerprint density at radius 2 is 1.02 bits per heavy atom. The molecule has 2 aromatic carbocycles. The molecule has 1 aromatic heterocycles. The lowest BCUT2D eigenvalue weighted by atomic mass is 10.2. The quantitative estimate of drug-likeness (QED) is 0.0776. The van der Waals surface area contributed by atoms with E-state index < -0.39 is 11.8 Å². The van der Waals surface area contributed by atoms with Crippen LogP contribution in [0.15, 0.2) is 70.9 Å². The number of ether oxygens (including phenoxy) is 2. The highest BCUT2D eigenvalue weighted by molar-refractivity contribution is 7.16. The van der Waals surface area contributed by atoms with Gasteiger partial charge < -0.3 is 9.47 Å². The highest BCUT2D eigenvalue weighted by Gasteiger charge is 2.29. The lowest BCUT2D eigenvalue weighted by Crippen LogP contribution is -2.17. The molecule has 0 aliphatic heterocycles. The molecule has 2 N–H and O–H groups in total. The lowest BCUT2D eigenvalue weighted by molar-refractivity contribution is 0.0945. The monoisotopic (exact) mass is 604 g/mol. The predicted molar refractivity (Wildman–Crippen MR) is 176 cm³/mol. The highest BCUT2D eigenvalue weighted by atomic mass is 32.1. The summed E-state index contributed by atoms with van der Waals surface area (Å²) in [7, 11) is 0. The molecule has 3 aromatic rings. The molecule has 1 heterocycles. The molecular formula is C34H44N4O4S. The Labute approximate surface area is 259 Å². The SMILES string of the molecule is CCCCCCCOc1c(C(=O)N/N=C\c2ccccc2)sc(C(=O)N/N=C\c2ccccc2)c1OCCCCCCC. The summed E-state index contributed by atoms with van der Waals surface area (Å²) in [6.07, 6.45) is 13.8. The number of nitrogens with zero attached hydrogens (tertiary/aromatic N) is 2. The van der Waals surface area contributed by atoms with Gasteiger partial charge in [-0.2, -0.15) is 10.2 Å². The van der Waals surface area contributed by atoms with Crippen LogP contribution in [0.1, 0.15) is 109 Å². The van der Waals surface area contributed by atoms with Crippen molar-refractivity contribution in [1.82, 2.24) is 10.9 Å². The number of benzene rings is 2. The zero-order valence-electron chi connectivity index (χ0n) is 25.3. The standard InChI is InChI=1S/C34H44N4O4S/c1-3-5-7-9-17-23-41-29-30(42-24-18-10-8-6-4-2)32(34(40)38-36-26-28-21-15-12-16-22-28)43-31(29)33(39)37-35-25-27-19-13-11-14-20-27/h11-16,19-22,25-26H,3-10,17-18,23-24H2,1-2H3,(H,37,39)(H,38,40)/b35-25-,36-26-. The molecule has 230 valence electrons. The van der Waals surface area contributed by atoms with Crippen molar-refractivity contribution < 1.29 is 19.1 Å². The number of rotatable bonds is 20. The minimum absolute atomic E-state index is 0.233. The van der Waals surface area contributed by atoms with Gasteiger partial charge in [0, 0.05) is 0 Å². The number of thiophene rings is 1. The second-order valence-corrected chi connectivity index (χ2v) is 11.2. The number of hydrogen-bond acceptors (Lipinski definition) is 7. The van der Waals surface area contributed by atoms with Gasteiger partial charge in [0.1, 0.15) is 9.75 Å². The third-order valence-corrected chi connectivity index (χ3v) is 7.73. The number of hydrogen-bond donors (Lipinski definition) is 2. The maximum absolute atomic E-state index is 13.4. The van der Waals surface area contributed by atoms with E-state index in [0.717, 1.165) is 73.8 Å². The van der Waals surface area contributed by atoms with E-state index in [4.69, 9.17) is 9.47 Å². The van der Waals surface area contributed by atoms with Crippen molar-refractivity contribution in [2.45, 2.75) is 78.1 Å². The van der Waals surface area contributed by atoms with Crippen LogP contribution in [-0.2, 0) is 0 Å². The normalized spacial score (nSPS) is 11.2. The van der Waals surface area contributed by atoms with E-state index in [1.165, 1.54) is 12.8 Å². The first-order valence-corrected chi connectivity index (χ1v) is 16.1. The van der Waals surface area contributed by atoms with Gasteiger partial charge in [0.2, 0.25) is 0 Å². The van der Waals surface area contributed by atoms with Crippen LogP contribution >= 0.6 is 11.3 Å². The van der Waals surface area contributed by atoms with Gasteiger partial charge in [-0.1, -0.05) is 126 Å². The van der Waals surface area contributed by atoms with Crippen LogP contribution in [0.25, 0.3) is 0 Å². The molecule has 0 atom stereocenters. The van der Waals surface area contributed by atoms with E-state index in [-0.39, 0.29) is 21.3 Å². The van der Waals surface area contributed by atoms with E-state index in [2.05, 4.69) is 34.9 Å². The predicted octanol–water partition coefficient (Wildman–Crippen LogP) is 7.97. The molecule has 0 unspecified atom stereocenters. The summed E-state index contributed by atoms with van der Waals surface area (Å²) in [5, 5.41) is 8.24. The molecule has 0 spiro atoms. The fourth-order valence-corrected chi connectivity index (χ4v) is 5.20. The van der Waals surface area contributed by atoms with Crippen LogP contribution in [0.3, 0.4) is 0 Å². The number of nitrogens with one attached hydrogen (secondary N) is 2. The summed E-state index contributed by atoms with van der Waals surface area (Å²) in [6, 6.07) is 19.0. The molecule has 0 aliphatic rings. The topological polar surface area (TPSA) is 101 Å². The van der Waals surface area contributed by atoms with Gasteiger partial charge >= 0.3 is 0 Å². The van der Waals surface area contributed by atoms with Crippen molar-refractivity contribution in [2.75, 3.05) is 13.2 Å². The maximum Gasteiger partial charge on any atom is 0.285 e. The molecular weight excluding hydrogens is 560 g/mol. The molecule has 0 fully saturated rings. The van der Waals surface area contributed by atoms with E-state index in [0.29, 0.717) is 13.2 Å². The fourth-order valence-electron chi connectivity index (χ4n) is 4.23. The molecule has 8 nitrogen and oxygen atoms in total. The summed E-state index contributed by atoms with van der Waals surface area (Å²) >= 11 is 1.02. The van der Waals surface area contributed by atoms with Crippen molar-refractivity contribution in [1.29, 1.82) is 0 Å². The smallest absolute Gasteiger partial charge is 0.285 e. The highest BCUT2D eigenvalue weighted by Crippen LogP contribution is 2.43. The van der Waals surface area contributed by atoms with Gasteiger partial charge in [0.25, 0.3) is 11.8 Å². The molecule has 0 saturated heterocycles. The number of amides is 2. The lowest BCUT2D eigenvalue weighted by Gasteiger charge is -2.12. The maximum atomic E-state index is 13.4. The average molecular weight is 605 g/mol. The van der Waals surface area contributed by atoms with Crippen molar-refractivity contribution in [3.05, 3.63) is 81.5 Å². The third kappa shape index (κ3) is 12.0. The summed E-state index contributed by atoms with van der Waals surface area (Å²) in [5.74, 6) is -0.395. The molecule has 0 bridgehead atoms. The molecule has 43 heavy (non-hydrogen) atoms. The largest absolute Gasteiger partial charge is 0.488 e. The van der Waals surface area contributed by atoms with Crippen molar-refractivity contribution >= 4 is 35.6 Å². The van der Waals surface area contributed by atoms with Crippen LogP contribution in [0.2, 0.25) is 0 Å². The zero-order chi connectivity index (χ0) is 30.5. The second-order valence-electron chi connectivity index (χ2n) is 10.2. The Morgan fingerprint density at radius 3 is 1.42 bits per heavy atom. The summed E-state index contributed by atoms with van der Waals surface area (Å²) in [4.78, 5) is 27.2. The Hall–Kier alpha value is -3.98. The van der Waals surface area contributed by atoms with Crippen LogP contribution < -0.4 is 20.3 Å². The molecule has 2 amide bonds. The van der Waals surface area contributed by atoms with E-state index in [1.807, 2.05) is 60.7 Å². The van der Waals surface area contributed by atoms with Crippen LogP contribution in [0.5, 0.6) is 11.5 Å². The Kier molecular flexibility index (Phi) is 15.6. The molecule has 3 rings (SSSR count). The van der Waals surface area contributed by atoms with E-state index in [1.54, 1.807) is 12.4 Å². The Bertz CT molecular complexity index is 1190. The molecule has 0 saturated carbocycles. The third-order valence-electron chi connectivity index (χ3n) is 6.58. The van der Waals surface area contributed by atoms with Gasteiger partial charge in [-0.05, 0) is 24.0 Å². The minimum atomic E-state index is -0.474. The van der Waals surface area contributed by atoms with Crippen LogP contribution in [0, 0.1) is 0 Å². The van der Waals surface area contributed by atoms with Crippen molar-refractivity contribution in [3.8, 4) is 11.5 Å². The van der Waals surface area contributed by atoms with Gasteiger partial charge in [-0.25, -0.2) is 10.9 Å². The number of carbonyl (C=O) groups is 2. The van der Waals surface area contributed by atoms with E-state index in [9.17, 15) is 9.59 Å². The first kappa shape index (κ1) is 33.5. The molecule has 0 aliphatic carbocycles. The first-order valence-electron chi connectivity index (χ1n) is 15.3. The molecule has 0 radical (unpaired) electrons. The Balaban J connectivity index is 1.84. The summed E-state index contributed by atoms with van der Waals surface area (Å²) in [6.45, 7) is 5.17.